The van der Waals surface area contributed by atoms with Crippen molar-refractivity contribution in [1.29, 1.82) is 0 Å². The lowest BCUT2D eigenvalue weighted by Crippen LogP contribution is -2.71. The molecule has 160 valence electrons. The highest BCUT2D eigenvalue weighted by atomic mass is 16.7. The smallest absolute Gasteiger partial charge is 0.399 e. The Kier molecular flexibility index (Phi) is 5.76. The van der Waals surface area contributed by atoms with Crippen molar-refractivity contribution in [3.8, 4) is 0 Å². The van der Waals surface area contributed by atoms with E-state index < -0.39 is 0 Å². The number of aromatic nitrogens is 1. The normalized spacial score (nSPS) is 34.6. The molecule has 1 aliphatic heterocycles. The van der Waals surface area contributed by atoms with Crippen LogP contribution in [0.4, 0.5) is 5.82 Å². The second-order valence-electron chi connectivity index (χ2n) is 10.4. The monoisotopic (exact) mass is 398 g/mol. The van der Waals surface area contributed by atoms with E-state index in [2.05, 4.69) is 52.1 Å². The molecule has 1 N–H and O–H groups in total. The third-order valence-corrected chi connectivity index (χ3v) is 8.14. The molecular formula is C24H39BN2O2. The molecule has 3 saturated carbocycles. The van der Waals surface area contributed by atoms with Crippen LogP contribution in [0.25, 0.3) is 0 Å². The zero-order valence-corrected chi connectivity index (χ0v) is 19.1. The number of nitrogens with zero attached hydrogens (tertiary/aromatic N) is 1. The molecule has 2 atom stereocenters. The van der Waals surface area contributed by atoms with Gasteiger partial charge in [-0.05, 0) is 64.4 Å². The van der Waals surface area contributed by atoms with Gasteiger partial charge in [0, 0.05) is 17.2 Å². The third-order valence-electron chi connectivity index (χ3n) is 8.14. The zero-order valence-electron chi connectivity index (χ0n) is 19.1. The van der Waals surface area contributed by atoms with Gasteiger partial charge in [-0.3, -0.25) is 0 Å². The maximum absolute atomic E-state index is 6.46. The van der Waals surface area contributed by atoms with E-state index in [4.69, 9.17) is 14.3 Å². The van der Waals surface area contributed by atoms with Crippen LogP contribution >= 0.6 is 0 Å². The fraction of sp³-hybridized carbons (Fsp3) is 0.792. The predicted octanol–water partition coefficient (Wildman–Crippen LogP) is 5.32. The van der Waals surface area contributed by atoms with Gasteiger partial charge in [-0.2, -0.15) is 0 Å². The highest BCUT2D eigenvalue weighted by molar-refractivity contribution is 6.62. The molecule has 2 unspecified atom stereocenters. The molecule has 0 radical (unpaired) electrons. The number of hydrogen-bond donors (Lipinski definition) is 1. The summed E-state index contributed by atoms with van der Waals surface area (Å²) in [5, 5.41) is 3.77. The van der Waals surface area contributed by atoms with Crippen molar-refractivity contribution in [2.45, 2.75) is 109 Å². The summed E-state index contributed by atoms with van der Waals surface area (Å²) in [5.41, 5.74) is 0.778. The minimum absolute atomic E-state index is 0.262. The summed E-state index contributed by atoms with van der Waals surface area (Å²) in [6.45, 7) is 11.0. The van der Waals surface area contributed by atoms with Crippen LogP contribution in [0.3, 0.4) is 0 Å². The fourth-order valence-electron chi connectivity index (χ4n) is 5.60. The fourth-order valence-corrected chi connectivity index (χ4v) is 5.60. The van der Waals surface area contributed by atoms with E-state index >= 15 is 0 Å². The number of pyridine rings is 1. The van der Waals surface area contributed by atoms with Crippen molar-refractivity contribution in [2.24, 2.45) is 11.8 Å². The average molecular weight is 398 g/mol. The molecule has 0 spiro atoms. The Labute approximate surface area is 177 Å². The van der Waals surface area contributed by atoms with Crippen LogP contribution in [-0.2, 0) is 9.31 Å². The largest absolute Gasteiger partial charge is 0.496 e. The summed E-state index contributed by atoms with van der Waals surface area (Å²) in [4.78, 5) is 4.73. The second kappa shape index (κ2) is 7.88. The lowest BCUT2D eigenvalue weighted by atomic mass is 9.41. The van der Waals surface area contributed by atoms with Crippen molar-refractivity contribution in [3.63, 3.8) is 0 Å². The first-order valence-electron chi connectivity index (χ1n) is 11.9. The number of nitrogens with one attached hydrogen (secondary N) is 1. The summed E-state index contributed by atoms with van der Waals surface area (Å²) in [7, 11) is -0.328. The first-order chi connectivity index (χ1) is 13.8. The van der Waals surface area contributed by atoms with Gasteiger partial charge in [0.25, 0.3) is 0 Å². The van der Waals surface area contributed by atoms with Crippen LogP contribution in [0.1, 0.15) is 92.4 Å². The lowest BCUT2D eigenvalue weighted by molar-refractivity contribution is -0.0984. The standard InChI is InChI=1S/C24H39BN2O2/c1-6-8-10-14-23(5)22(3,4)28-25(29-23)19-12-13-21(26-17-19)27-24-15-18(16-24)20(24)11-9-7-2/h12-13,17-18,20H,6-11,14-16H2,1-5H3,(H,26,27). The van der Waals surface area contributed by atoms with Gasteiger partial charge < -0.3 is 14.6 Å². The van der Waals surface area contributed by atoms with Crippen molar-refractivity contribution in [1.82, 2.24) is 4.98 Å². The maximum Gasteiger partial charge on any atom is 0.496 e. The van der Waals surface area contributed by atoms with Gasteiger partial charge in [-0.1, -0.05) is 52.0 Å². The highest BCUT2D eigenvalue weighted by Gasteiger charge is 2.64. The Morgan fingerprint density at radius 3 is 2.41 bits per heavy atom. The summed E-state index contributed by atoms with van der Waals surface area (Å²) >= 11 is 0. The number of unbranched alkanes of at least 4 members (excludes halogenated alkanes) is 3. The van der Waals surface area contributed by atoms with Gasteiger partial charge in [0.15, 0.2) is 0 Å². The molecule has 2 bridgehead atoms. The van der Waals surface area contributed by atoms with Crippen LogP contribution in [0.2, 0.25) is 0 Å². The van der Waals surface area contributed by atoms with Gasteiger partial charge in [0.05, 0.1) is 11.2 Å². The number of hydrogen-bond acceptors (Lipinski definition) is 4. The van der Waals surface area contributed by atoms with Crippen molar-refractivity contribution >= 4 is 18.4 Å². The van der Waals surface area contributed by atoms with Crippen molar-refractivity contribution < 1.29 is 9.31 Å². The molecular weight excluding hydrogens is 359 g/mol. The molecule has 4 fully saturated rings. The number of rotatable bonds is 10. The van der Waals surface area contributed by atoms with E-state index in [0.717, 1.165) is 29.5 Å². The first kappa shape index (κ1) is 21.2. The Bertz CT molecular complexity index is 701. The molecule has 1 saturated heterocycles. The van der Waals surface area contributed by atoms with Crippen LogP contribution in [0.5, 0.6) is 0 Å². The molecule has 29 heavy (non-hydrogen) atoms. The molecule has 4 nitrogen and oxygen atoms in total. The van der Waals surface area contributed by atoms with Crippen LogP contribution in [0.15, 0.2) is 18.3 Å². The zero-order chi connectivity index (χ0) is 20.7. The van der Waals surface area contributed by atoms with E-state index in [9.17, 15) is 0 Å². The van der Waals surface area contributed by atoms with Crippen molar-refractivity contribution in [2.75, 3.05) is 5.32 Å². The number of anilines is 1. The predicted molar refractivity (Wildman–Crippen MR) is 121 cm³/mol. The van der Waals surface area contributed by atoms with E-state index in [-0.39, 0.29) is 18.3 Å². The van der Waals surface area contributed by atoms with Crippen LogP contribution in [0, 0.1) is 11.8 Å². The third kappa shape index (κ3) is 3.74. The average Bonchev–Trinajstić information content (AvgIpc) is 2.88. The molecule has 2 heterocycles. The molecule has 5 heteroatoms. The molecule has 0 aromatic carbocycles. The SMILES string of the molecule is CCCCCC1(C)OB(c2ccc(NC34CC(C3)C4CCCC)nc2)OC1(C)C. The second-order valence-corrected chi connectivity index (χ2v) is 10.4. The Morgan fingerprint density at radius 1 is 1.07 bits per heavy atom. The summed E-state index contributed by atoms with van der Waals surface area (Å²) in [6.07, 6.45) is 13.3. The Morgan fingerprint density at radius 2 is 1.83 bits per heavy atom. The summed E-state index contributed by atoms with van der Waals surface area (Å²) < 4.78 is 12.8. The van der Waals surface area contributed by atoms with E-state index in [1.807, 2.05) is 6.20 Å². The molecule has 0 amide bonds. The van der Waals surface area contributed by atoms with Gasteiger partial charge in [0.2, 0.25) is 0 Å². The molecule has 5 rings (SSSR count). The first-order valence-corrected chi connectivity index (χ1v) is 11.9. The van der Waals surface area contributed by atoms with E-state index in [1.165, 1.54) is 51.4 Å². The Balaban J connectivity index is 1.37. The minimum atomic E-state index is -0.328. The molecule has 1 aromatic rings. The Hall–Kier alpha value is -1.07. The van der Waals surface area contributed by atoms with E-state index in [1.54, 1.807) is 0 Å². The van der Waals surface area contributed by atoms with Gasteiger partial charge in [0.1, 0.15) is 5.82 Å². The minimum Gasteiger partial charge on any atom is -0.399 e. The summed E-state index contributed by atoms with van der Waals surface area (Å²) in [5.74, 6) is 2.81. The maximum atomic E-state index is 6.46. The molecule has 3 aliphatic carbocycles. The van der Waals surface area contributed by atoms with Crippen molar-refractivity contribution in [3.05, 3.63) is 18.3 Å². The lowest BCUT2D eigenvalue weighted by Gasteiger charge is -2.69. The van der Waals surface area contributed by atoms with Gasteiger partial charge >= 0.3 is 7.12 Å². The quantitative estimate of drug-likeness (QED) is 0.428. The van der Waals surface area contributed by atoms with Gasteiger partial charge in [-0.15, -0.1) is 0 Å². The van der Waals surface area contributed by atoms with Crippen LogP contribution in [-0.4, -0.2) is 28.8 Å². The molecule has 4 aliphatic rings. The summed E-state index contributed by atoms with van der Waals surface area (Å²) in [6, 6.07) is 4.24. The van der Waals surface area contributed by atoms with E-state index in [0.29, 0.717) is 5.54 Å². The molecule has 1 aromatic heterocycles. The van der Waals surface area contributed by atoms with Gasteiger partial charge in [-0.25, -0.2) is 4.98 Å². The highest BCUT2D eigenvalue weighted by Crippen LogP contribution is 2.64. The van der Waals surface area contributed by atoms with Crippen LogP contribution < -0.4 is 10.8 Å². The topological polar surface area (TPSA) is 43.4 Å².